The Morgan fingerprint density at radius 3 is 2.83 bits per heavy atom. The van der Waals surface area contributed by atoms with Gasteiger partial charge < -0.3 is 10.5 Å². The molecule has 0 aliphatic carbocycles. The van der Waals surface area contributed by atoms with Crippen LogP contribution in [0, 0.1) is 11.3 Å². The lowest BCUT2D eigenvalue weighted by Gasteiger charge is -2.09. The highest BCUT2D eigenvalue weighted by molar-refractivity contribution is 6.30. The largest absolute Gasteiger partial charge is 0.489 e. The van der Waals surface area contributed by atoms with Gasteiger partial charge in [-0.05, 0) is 36.4 Å². The molecule has 3 nitrogen and oxygen atoms in total. The second-order valence-electron chi connectivity index (χ2n) is 3.77. The highest BCUT2D eigenvalue weighted by Gasteiger charge is 2.02. The number of halogens is 1. The Morgan fingerprint density at radius 1 is 1.22 bits per heavy atom. The number of anilines is 1. The van der Waals surface area contributed by atoms with Crippen LogP contribution >= 0.6 is 11.6 Å². The van der Waals surface area contributed by atoms with Gasteiger partial charge in [-0.1, -0.05) is 17.7 Å². The van der Waals surface area contributed by atoms with Gasteiger partial charge in [-0.25, -0.2) is 0 Å². The molecule has 18 heavy (non-hydrogen) atoms. The molecule has 0 heterocycles. The van der Waals surface area contributed by atoms with Crippen molar-refractivity contribution >= 4 is 17.3 Å². The predicted molar refractivity (Wildman–Crippen MR) is 71.4 cm³/mol. The van der Waals surface area contributed by atoms with Crippen molar-refractivity contribution in [3.05, 3.63) is 58.6 Å². The van der Waals surface area contributed by atoms with Gasteiger partial charge in [-0.2, -0.15) is 5.26 Å². The maximum Gasteiger partial charge on any atom is 0.121 e. The van der Waals surface area contributed by atoms with E-state index >= 15 is 0 Å². The molecule has 0 aromatic heterocycles. The lowest BCUT2D eigenvalue weighted by molar-refractivity contribution is 0.307. The van der Waals surface area contributed by atoms with Crippen LogP contribution in [0.4, 0.5) is 5.69 Å². The zero-order valence-electron chi connectivity index (χ0n) is 9.56. The number of ether oxygens (including phenoxy) is 1. The summed E-state index contributed by atoms with van der Waals surface area (Å²) in [6, 6.07) is 14.3. The number of nitriles is 1. The second-order valence-corrected chi connectivity index (χ2v) is 4.21. The first-order valence-electron chi connectivity index (χ1n) is 5.36. The Balaban J connectivity index is 2.11. The molecule has 0 fully saturated rings. The quantitative estimate of drug-likeness (QED) is 0.859. The van der Waals surface area contributed by atoms with E-state index in [0.717, 1.165) is 5.56 Å². The summed E-state index contributed by atoms with van der Waals surface area (Å²) < 4.78 is 5.58. The van der Waals surface area contributed by atoms with E-state index in [9.17, 15) is 0 Å². The highest BCUT2D eigenvalue weighted by Crippen LogP contribution is 2.20. The molecule has 2 aromatic carbocycles. The highest BCUT2D eigenvalue weighted by atomic mass is 35.5. The first-order valence-corrected chi connectivity index (χ1v) is 5.73. The number of benzene rings is 2. The van der Waals surface area contributed by atoms with Crippen molar-refractivity contribution in [2.75, 3.05) is 5.73 Å². The van der Waals surface area contributed by atoms with Gasteiger partial charge in [0, 0.05) is 16.3 Å². The molecule has 2 N–H and O–H groups in total. The Bertz CT molecular complexity index is 605. The molecule has 0 atom stereocenters. The van der Waals surface area contributed by atoms with Crippen LogP contribution in [0.2, 0.25) is 5.02 Å². The van der Waals surface area contributed by atoms with Crippen LogP contribution in [0.25, 0.3) is 0 Å². The monoisotopic (exact) mass is 258 g/mol. The van der Waals surface area contributed by atoms with Crippen molar-refractivity contribution in [2.45, 2.75) is 6.61 Å². The van der Waals surface area contributed by atoms with Gasteiger partial charge in [0.25, 0.3) is 0 Å². The third kappa shape index (κ3) is 2.93. The van der Waals surface area contributed by atoms with E-state index in [1.165, 1.54) is 0 Å². The summed E-state index contributed by atoms with van der Waals surface area (Å²) >= 11 is 5.89. The average Bonchev–Trinajstić information content (AvgIpc) is 2.40. The van der Waals surface area contributed by atoms with Gasteiger partial charge in [0.05, 0.1) is 11.6 Å². The Labute approximate surface area is 110 Å². The van der Waals surface area contributed by atoms with Gasteiger partial charge in [-0.15, -0.1) is 0 Å². The maximum atomic E-state index is 8.78. The lowest BCUT2D eigenvalue weighted by Crippen LogP contribution is -2.00. The lowest BCUT2D eigenvalue weighted by atomic mass is 10.2. The van der Waals surface area contributed by atoms with Gasteiger partial charge in [0.1, 0.15) is 12.4 Å². The molecular formula is C14H11ClN2O. The van der Waals surface area contributed by atoms with Crippen molar-refractivity contribution in [1.29, 1.82) is 5.26 Å². The second kappa shape index (κ2) is 5.44. The zero-order chi connectivity index (χ0) is 13.0. The number of nitrogens with zero attached hydrogens (tertiary/aromatic N) is 1. The molecule has 90 valence electrons. The molecular weight excluding hydrogens is 248 g/mol. The molecule has 2 rings (SSSR count). The van der Waals surface area contributed by atoms with Crippen LogP contribution in [0.15, 0.2) is 42.5 Å². The summed E-state index contributed by atoms with van der Waals surface area (Å²) in [5.41, 5.74) is 7.84. The van der Waals surface area contributed by atoms with Crippen molar-refractivity contribution in [2.24, 2.45) is 0 Å². The van der Waals surface area contributed by atoms with E-state index in [1.54, 1.807) is 42.5 Å². The normalized spacial score (nSPS) is 9.78. The summed E-state index contributed by atoms with van der Waals surface area (Å²) in [5, 5.41) is 9.40. The zero-order valence-corrected chi connectivity index (χ0v) is 10.3. The van der Waals surface area contributed by atoms with Gasteiger partial charge in [-0.3, -0.25) is 0 Å². The van der Waals surface area contributed by atoms with Gasteiger partial charge in [0.15, 0.2) is 0 Å². The van der Waals surface area contributed by atoms with Crippen LogP contribution in [0.5, 0.6) is 5.75 Å². The first-order chi connectivity index (χ1) is 8.69. The molecule has 0 spiro atoms. The minimum atomic E-state index is 0.321. The van der Waals surface area contributed by atoms with Crippen LogP contribution in [0.1, 0.15) is 11.1 Å². The van der Waals surface area contributed by atoms with E-state index in [4.69, 9.17) is 27.3 Å². The fourth-order valence-electron chi connectivity index (χ4n) is 1.52. The summed E-state index contributed by atoms with van der Waals surface area (Å²) in [7, 11) is 0. The number of hydrogen-bond acceptors (Lipinski definition) is 3. The topological polar surface area (TPSA) is 59.0 Å². The van der Waals surface area contributed by atoms with Crippen molar-refractivity contribution in [3.63, 3.8) is 0 Å². The van der Waals surface area contributed by atoms with E-state index in [-0.39, 0.29) is 0 Å². The summed E-state index contributed by atoms with van der Waals surface area (Å²) in [5.74, 6) is 0.633. The third-order valence-corrected chi connectivity index (χ3v) is 2.70. The fraction of sp³-hybridized carbons (Fsp3) is 0.0714. The molecule has 4 heteroatoms. The summed E-state index contributed by atoms with van der Waals surface area (Å²) in [4.78, 5) is 0. The summed E-state index contributed by atoms with van der Waals surface area (Å²) in [6.45, 7) is 0.321. The fourth-order valence-corrected chi connectivity index (χ4v) is 1.71. The third-order valence-electron chi connectivity index (χ3n) is 2.46. The van der Waals surface area contributed by atoms with Gasteiger partial charge in [0.2, 0.25) is 0 Å². The van der Waals surface area contributed by atoms with E-state index < -0.39 is 0 Å². The first kappa shape index (κ1) is 12.3. The maximum absolute atomic E-state index is 8.78. The molecule has 0 aliphatic rings. The molecule has 0 aliphatic heterocycles. The van der Waals surface area contributed by atoms with E-state index in [1.807, 2.05) is 0 Å². The predicted octanol–water partition coefficient (Wildman–Crippen LogP) is 3.37. The molecule has 0 saturated carbocycles. The van der Waals surface area contributed by atoms with Gasteiger partial charge >= 0.3 is 0 Å². The number of nitrogens with two attached hydrogens (primary N) is 1. The SMILES string of the molecule is N#Cc1cccc(OCc2cc(Cl)ccc2N)c1. The minimum absolute atomic E-state index is 0.321. The summed E-state index contributed by atoms with van der Waals surface area (Å²) in [6.07, 6.45) is 0. The number of hydrogen-bond donors (Lipinski definition) is 1. The molecule has 0 radical (unpaired) electrons. The van der Waals surface area contributed by atoms with Crippen molar-refractivity contribution < 1.29 is 4.74 Å². The van der Waals surface area contributed by atoms with Crippen LogP contribution in [-0.4, -0.2) is 0 Å². The minimum Gasteiger partial charge on any atom is -0.489 e. The molecule has 0 saturated heterocycles. The standard InChI is InChI=1S/C14H11ClN2O/c15-12-4-5-14(17)11(7-12)9-18-13-3-1-2-10(6-13)8-16/h1-7H,9,17H2. The molecule has 0 bridgehead atoms. The Morgan fingerprint density at radius 2 is 2.06 bits per heavy atom. The van der Waals surface area contributed by atoms with E-state index in [0.29, 0.717) is 28.6 Å². The van der Waals surface area contributed by atoms with E-state index in [2.05, 4.69) is 6.07 Å². The molecule has 0 unspecified atom stereocenters. The number of rotatable bonds is 3. The van der Waals surface area contributed by atoms with Crippen LogP contribution < -0.4 is 10.5 Å². The number of nitrogen functional groups attached to an aromatic ring is 1. The van der Waals surface area contributed by atoms with Crippen LogP contribution in [-0.2, 0) is 6.61 Å². The molecule has 0 amide bonds. The van der Waals surface area contributed by atoms with Crippen molar-refractivity contribution in [1.82, 2.24) is 0 Å². The Hall–Kier alpha value is -2.18. The smallest absolute Gasteiger partial charge is 0.121 e. The van der Waals surface area contributed by atoms with Crippen LogP contribution in [0.3, 0.4) is 0 Å². The average molecular weight is 259 g/mol. The van der Waals surface area contributed by atoms with Crippen molar-refractivity contribution in [3.8, 4) is 11.8 Å². The molecule has 2 aromatic rings. The Kier molecular flexibility index (Phi) is 3.71.